The van der Waals surface area contributed by atoms with Gasteiger partial charge in [-0.15, -0.1) is 0 Å². The molecule has 4 aliphatic rings. The first-order valence-electron chi connectivity index (χ1n) is 10.2. The zero-order valence-corrected chi connectivity index (χ0v) is 15.7. The summed E-state index contributed by atoms with van der Waals surface area (Å²) in [4.78, 5) is 0. The van der Waals surface area contributed by atoms with Crippen LogP contribution in [0.1, 0.15) is 78.1 Å². The fraction of sp³-hybridized carbons (Fsp3) is 0.952. The molecule has 0 aromatic heterocycles. The maximum absolute atomic E-state index is 11.9. The molecular weight excluding hydrogens is 314 g/mol. The molecule has 0 amide bonds. The van der Waals surface area contributed by atoms with Gasteiger partial charge in [0.05, 0.1) is 29.8 Å². The average molecular weight is 347 g/mol. The van der Waals surface area contributed by atoms with Crippen molar-refractivity contribution in [1.82, 2.24) is 0 Å². The van der Waals surface area contributed by atoms with E-state index in [1.165, 1.54) is 0 Å². The monoisotopic (exact) mass is 347 g/mol. The molecule has 0 aliphatic heterocycles. The minimum atomic E-state index is -1.05. The summed E-state index contributed by atoms with van der Waals surface area (Å²) in [6, 6.07) is 2.17. The molecule has 4 heteroatoms. The van der Waals surface area contributed by atoms with Crippen LogP contribution in [0.3, 0.4) is 0 Å². The van der Waals surface area contributed by atoms with Gasteiger partial charge in [0.2, 0.25) is 0 Å². The lowest BCUT2D eigenvalue weighted by Gasteiger charge is -2.64. The van der Waals surface area contributed by atoms with Crippen LogP contribution in [0.5, 0.6) is 0 Å². The van der Waals surface area contributed by atoms with E-state index in [1.54, 1.807) is 0 Å². The molecule has 0 aromatic rings. The Bertz CT molecular complexity index is 602. The molecule has 0 aromatic carbocycles. The molecule has 0 bridgehead atoms. The fourth-order valence-corrected chi connectivity index (χ4v) is 7.73. The molecule has 0 spiro atoms. The van der Waals surface area contributed by atoms with Gasteiger partial charge in [-0.2, -0.15) is 5.26 Å². The number of fused-ring (bicyclic) bond motifs is 5. The van der Waals surface area contributed by atoms with Crippen molar-refractivity contribution >= 4 is 0 Å². The molecule has 25 heavy (non-hydrogen) atoms. The van der Waals surface area contributed by atoms with Crippen molar-refractivity contribution in [1.29, 1.82) is 5.26 Å². The molecule has 4 fully saturated rings. The second-order valence-electron chi connectivity index (χ2n) is 10.1. The van der Waals surface area contributed by atoms with Gasteiger partial charge in [-0.3, -0.25) is 0 Å². The van der Waals surface area contributed by atoms with E-state index in [9.17, 15) is 20.6 Å². The van der Waals surface area contributed by atoms with Gasteiger partial charge in [-0.05, 0) is 81.0 Å². The van der Waals surface area contributed by atoms with Crippen molar-refractivity contribution in [3.63, 3.8) is 0 Å². The van der Waals surface area contributed by atoms with Crippen molar-refractivity contribution in [3.8, 4) is 6.07 Å². The van der Waals surface area contributed by atoms with E-state index in [-0.39, 0.29) is 23.9 Å². The largest absolute Gasteiger partial charge is 0.393 e. The molecular formula is C21H33NO3. The fourth-order valence-electron chi connectivity index (χ4n) is 7.73. The lowest BCUT2D eigenvalue weighted by atomic mass is 9.43. The standard InChI is InChI=1S/C21H33NO3/c1-18-7-5-15(23)13-14(18)3-4-17-16(18)6-8-19(2)20(24,11-12-22)9-10-21(17,19)25/h14-17,23-25H,3-11,13H2,1-2H3/t14?,15?,16-,17+,18-,19+,20-,21+/m0/s1. The van der Waals surface area contributed by atoms with Gasteiger partial charge in [0.1, 0.15) is 0 Å². The maximum atomic E-state index is 11.9. The van der Waals surface area contributed by atoms with Crippen LogP contribution < -0.4 is 0 Å². The van der Waals surface area contributed by atoms with Gasteiger partial charge < -0.3 is 15.3 Å². The summed E-state index contributed by atoms with van der Waals surface area (Å²) in [6.45, 7) is 4.43. The number of aliphatic hydroxyl groups is 3. The molecule has 4 aliphatic carbocycles. The van der Waals surface area contributed by atoms with Crippen molar-refractivity contribution in [2.24, 2.45) is 28.6 Å². The van der Waals surface area contributed by atoms with E-state index >= 15 is 0 Å². The zero-order chi connectivity index (χ0) is 18.1. The van der Waals surface area contributed by atoms with Gasteiger partial charge >= 0.3 is 0 Å². The number of rotatable bonds is 1. The maximum Gasteiger partial charge on any atom is 0.0859 e. The first-order valence-corrected chi connectivity index (χ1v) is 10.2. The summed E-state index contributed by atoms with van der Waals surface area (Å²) < 4.78 is 0. The summed E-state index contributed by atoms with van der Waals surface area (Å²) in [5, 5.41) is 42.4. The van der Waals surface area contributed by atoms with Crippen LogP contribution in [0.15, 0.2) is 0 Å². The van der Waals surface area contributed by atoms with Crippen molar-refractivity contribution in [2.45, 2.75) is 95.4 Å². The van der Waals surface area contributed by atoms with Gasteiger partial charge in [0, 0.05) is 5.41 Å². The Hall–Kier alpha value is -0.630. The number of hydrogen-bond acceptors (Lipinski definition) is 4. The van der Waals surface area contributed by atoms with E-state index in [4.69, 9.17) is 0 Å². The Morgan fingerprint density at radius 2 is 1.72 bits per heavy atom. The summed E-state index contributed by atoms with van der Waals surface area (Å²) in [5.74, 6) is 1.25. The second kappa shape index (κ2) is 5.44. The van der Waals surface area contributed by atoms with Crippen molar-refractivity contribution in [3.05, 3.63) is 0 Å². The summed E-state index contributed by atoms with van der Waals surface area (Å²) in [6.07, 6.45) is 7.85. The number of nitriles is 1. The Morgan fingerprint density at radius 3 is 2.44 bits per heavy atom. The molecule has 3 N–H and O–H groups in total. The molecule has 4 nitrogen and oxygen atoms in total. The minimum Gasteiger partial charge on any atom is -0.393 e. The first-order chi connectivity index (χ1) is 11.7. The number of nitrogens with zero attached hydrogens (tertiary/aromatic N) is 1. The molecule has 0 heterocycles. The highest BCUT2D eigenvalue weighted by molar-refractivity contribution is 5.22. The predicted molar refractivity (Wildman–Crippen MR) is 94.4 cm³/mol. The number of aliphatic hydroxyl groups excluding tert-OH is 1. The van der Waals surface area contributed by atoms with E-state index in [2.05, 4.69) is 13.0 Å². The Labute approximate surface area is 151 Å². The molecule has 140 valence electrons. The molecule has 0 radical (unpaired) electrons. The molecule has 2 unspecified atom stereocenters. The topological polar surface area (TPSA) is 84.5 Å². The lowest BCUT2D eigenvalue weighted by molar-refractivity contribution is -0.234. The minimum absolute atomic E-state index is 0.120. The second-order valence-corrected chi connectivity index (χ2v) is 10.1. The van der Waals surface area contributed by atoms with E-state index in [0.717, 1.165) is 44.9 Å². The third-order valence-electron chi connectivity index (χ3n) is 9.51. The zero-order valence-electron chi connectivity index (χ0n) is 15.7. The van der Waals surface area contributed by atoms with Gasteiger partial charge in [-0.1, -0.05) is 13.8 Å². The molecule has 0 saturated heterocycles. The first kappa shape index (κ1) is 17.8. The van der Waals surface area contributed by atoms with Crippen molar-refractivity contribution < 1.29 is 15.3 Å². The van der Waals surface area contributed by atoms with Crippen LogP contribution in [-0.4, -0.2) is 32.6 Å². The van der Waals surface area contributed by atoms with Crippen LogP contribution in [-0.2, 0) is 0 Å². The Morgan fingerprint density at radius 1 is 0.960 bits per heavy atom. The van der Waals surface area contributed by atoms with Crippen LogP contribution in [0, 0.1) is 39.9 Å². The van der Waals surface area contributed by atoms with E-state index in [1.807, 2.05) is 6.92 Å². The summed E-state index contributed by atoms with van der Waals surface area (Å²) >= 11 is 0. The smallest absolute Gasteiger partial charge is 0.0859 e. The van der Waals surface area contributed by atoms with Gasteiger partial charge in [0.25, 0.3) is 0 Å². The van der Waals surface area contributed by atoms with Gasteiger partial charge in [-0.25, -0.2) is 0 Å². The third-order valence-corrected chi connectivity index (χ3v) is 9.51. The summed E-state index contributed by atoms with van der Waals surface area (Å²) in [7, 11) is 0. The molecule has 4 saturated carbocycles. The predicted octanol–water partition coefficient (Wildman–Crippen LogP) is 3.15. The highest BCUT2D eigenvalue weighted by Gasteiger charge is 2.71. The molecule has 8 atom stereocenters. The third kappa shape index (κ3) is 2.10. The Kier molecular flexibility index (Phi) is 3.87. The van der Waals surface area contributed by atoms with Crippen LogP contribution in [0.4, 0.5) is 0 Å². The van der Waals surface area contributed by atoms with E-state index < -0.39 is 16.6 Å². The molecule has 4 rings (SSSR count). The summed E-state index contributed by atoms with van der Waals surface area (Å²) in [5.41, 5.74) is -2.28. The lowest BCUT2D eigenvalue weighted by Crippen LogP contribution is -2.65. The SMILES string of the molecule is C[C@]12CC[C@H]3[C@@H](CCC4CC(O)CC[C@@]43C)[C@]1(O)CC[C@]2(O)CC#N. The van der Waals surface area contributed by atoms with Crippen LogP contribution in [0.2, 0.25) is 0 Å². The van der Waals surface area contributed by atoms with E-state index in [0.29, 0.717) is 24.7 Å². The number of hydrogen-bond donors (Lipinski definition) is 3. The quantitative estimate of drug-likeness (QED) is 0.680. The van der Waals surface area contributed by atoms with Crippen molar-refractivity contribution in [2.75, 3.05) is 0 Å². The normalized spacial score (nSPS) is 57.9. The highest BCUT2D eigenvalue weighted by atomic mass is 16.3. The average Bonchev–Trinajstić information content (AvgIpc) is 2.77. The van der Waals surface area contributed by atoms with Crippen LogP contribution >= 0.6 is 0 Å². The highest BCUT2D eigenvalue weighted by Crippen LogP contribution is 2.70. The van der Waals surface area contributed by atoms with Crippen LogP contribution in [0.25, 0.3) is 0 Å². The Balaban J connectivity index is 1.69. The van der Waals surface area contributed by atoms with Gasteiger partial charge in [0.15, 0.2) is 0 Å².